The standard InChI is InChI=1S/C27H31N3O5/c1-30(2)25(19-8-12-22(33-3)13-9-19)17-28-27(32)20-10-14-23(15-11-20)35-18-26(31)29-21-6-5-7-24(16-21)34-4/h5-16,25H,17-18H2,1-4H3,(H,28,32)(H,29,31)/t25-/m0/s1. The van der Waals surface area contributed by atoms with Gasteiger partial charge in [-0.25, -0.2) is 0 Å². The van der Waals surface area contributed by atoms with E-state index >= 15 is 0 Å². The van der Waals surface area contributed by atoms with E-state index in [9.17, 15) is 9.59 Å². The maximum Gasteiger partial charge on any atom is 0.262 e. The molecule has 0 aromatic heterocycles. The third-order valence-electron chi connectivity index (χ3n) is 5.42. The van der Waals surface area contributed by atoms with Gasteiger partial charge in [-0.3, -0.25) is 9.59 Å². The molecule has 0 spiro atoms. The number of likely N-dealkylation sites (N-methyl/N-ethyl adjacent to an activating group) is 1. The Kier molecular flexibility index (Phi) is 9.09. The number of nitrogens with zero attached hydrogens (tertiary/aromatic N) is 1. The molecule has 0 bridgehead atoms. The van der Waals surface area contributed by atoms with E-state index < -0.39 is 0 Å². The van der Waals surface area contributed by atoms with Gasteiger partial charge in [0.05, 0.1) is 20.3 Å². The van der Waals surface area contributed by atoms with Crippen LogP contribution in [0.3, 0.4) is 0 Å². The minimum absolute atomic E-state index is 0.00978. The van der Waals surface area contributed by atoms with E-state index in [1.807, 2.05) is 38.4 Å². The van der Waals surface area contributed by atoms with Crippen LogP contribution in [0.25, 0.3) is 0 Å². The molecule has 0 aliphatic carbocycles. The Morgan fingerprint density at radius 2 is 1.51 bits per heavy atom. The molecule has 0 heterocycles. The fraction of sp³-hybridized carbons (Fsp3) is 0.259. The van der Waals surface area contributed by atoms with Crippen LogP contribution in [0.5, 0.6) is 17.2 Å². The third-order valence-corrected chi connectivity index (χ3v) is 5.42. The number of hydrogen-bond acceptors (Lipinski definition) is 6. The first-order chi connectivity index (χ1) is 16.9. The van der Waals surface area contributed by atoms with E-state index in [4.69, 9.17) is 14.2 Å². The Labute approximate surface area is 205 Å². The van der Waals surface area contributed by atoms with Crippen molar-refractivity contribution in [2.45, 2.75) is 6.04 Å². The SMILES string of the molecule is COc1ccc([C@H](CNC(=O)c2ccc(OCC(=O)Nc3cccc(OC)c3)cc2)N(C)C)cc1. The Balaban J connectivity index is 1.50. The van der Waals surface area contributed by atoms with E-state index in [0.29, 0.717) is 29.3 Å². The maximum atomic E-state index is 12.7. The van der Waals surface area contributed by atoms with Crippen molar-refractivity contribution >= 4 is 17.5 Å². The molecule has 3 aromatic rings. The topological polar surface area (TPSA) is 89.1 Å². The molecule has 35 heavy (non-hydrogen) atoms. The Morgan fingerprint density at radius 3 is 2.14 bits per heavy atom. The van der Waals surface area contributed by atoms with Crippen LogP contribution in [0, 0.1) is 0 Å². The summed E-state index contributed by atoms with van der Waals surface area (Å²) in [7, 11) is 7.14. The number of rotatable bonds is 11. The van der Waals surface area contributed by atoms with Crippen molar-refractivity contribution in [1.29, 1.82) is 0 Å². The molecule has 0 aliphatic heterocycles. The summed E-state index contributed by atoms with van der Waals surface area (Å²) >= 11 is 0. The van der Waals surface area contributed by atoms with Crippen molar-refractivity contribution in [3.8, 4) is 17.2 Å². The van der Waals surface area contributed by atoms with Gasteiger partial charge in [0.15, 0.2) is 6.61 Å². The normalized spacial score (nSPS) is 11.5. The molecule has 184 valence electrons. The highest BCUT2D eigenvalue weighted by Crippen LogP contribution is 2.21. The van der Waals surface area contributed by atoms with Crippen molar-refractivity contribution in [1.82, 2.24) is 10.2 Å². The minimum Gasteiger partial charge on any atom is -0.497 e. The van der Waals surface area contributed by atoms with Gasteiger partial charge in [-0.2, -0.15) is 0 Å². The summed E-state index contributed by atoms with van der Waals surface area (Å²) in [5.41, 5.74) is 2.20. The van der Waals surface area contributed by atoms with Gasteiger partial charge in [-0.05, 0) is 68.2 Å². The van der Waals surface area contributed by atoms with E-state index in [1.54, 1.807) is 62.8 Å². The molecule has 0 unspecified atom stereocenters. The second-order valence-corrected chi connectivity index (χ2v) is 8.06. The Morgan fingerprint density at radius 1 is 0.857 bits per heavy atom. The van der Waals surface area contributed by atoms with Crippen molar-refractivity contribution < 1.29 is 23.8 Å². The molecule has 2 amide bonds. The number of ether oxygens (including phenoxy) is 3. The number of hydrogen-bond donors (Lipinski definition) is 2. The lowest BCUT2D eigenvalue weighted by Crippen LogP contribution is -2.34. The predicted octanol–water partition coefficient (Wildman–Crippen LogP) is 3.75. The summed E-state index contributed by atoms with van der Waals surface area (Å²) in [5.74, 6) is 1.45. The number of carbonyl (C=O) groups excluding carboxylic acids is 2. The number of amides is 2. The summed E-state index contributed by atoms with van der Waals surface area (Å²) in [5, 5.41) is 5.74. The van der Waals surface area contributed by atoms with Crippen LogP contribution in [0.15, 0.2) is 72.8 Å². The molecular weight excluding hydrogens is 446 g/mol. The first-order valence-electron chi connectivity index (χ1n) is 11.1. The lowest BCUT2D eigenvalue weighted by molar-refractivity contribution is -0.118. The highest BCUT2D eigenvalue weighted by molar-refractivity contribution is 5.94. The van der Waals surface area contributed by atoms with Gasteiger partial charge >= 0.3 is 0 Å². The van der Waals surface area contributed by atoms with Crippen LogP contribution in [0.2, 0.25) is 0 Å². The van der Waals surface area contributed by atoms with Crippen molar-refractivity contribution in [3.05, 3.63) is 83.9 Å². The summed E-state index contributed by atoms with van der Waals surface area (Å²) in [6.45, 7) is 0.288. The largest absolute Gasteiger partial charge is 0.497 e. The van der Waals surface area contributed by atoms with Gasteiger partial charge in [0, 0.05) is 23.9 Å². The number of nitrogens with one attached hydrogen (secondary N) is 2. The zero-order valence-electron chi connectivity index (χ0n) is 20.4. The predicted molar refractivity (Wildman–Crippen MR) is 135 cm³/mol. The number of methoxy groups -OCH3 is 2. The third kappa shape index (κ3) is 7.48. The summed E-state index contributed by atoms with van der Waals surface area (Å²) in [4.78, 5) is 26.9. The zero-order chi connectivity index (χ0) is 25.2. The fourth-order valence-electron chi connectivity index (χ4n) is 3.47. The highest BCUT2D eigenvalue weighted by Gasteiger charge is 2.16. The van der Waals surface area contributed by atoms with Gasteiger partial charge in [-0.1, -0.05) is 18.2 Å². The summed E-state index contributed by atoms with van der Waals surface area (Å²) in [6.07, 6.45) is 0. The molecule has 1 atom stereocenters. The molecule has 0 saturated heterocycles. The molecule has 0 aliphatic rings. The lowest BCUT2D eigenvalue weighted by Gasteiger charge is -2.25. The van der Waals surface area contributed by atoms with E-state index in [1.165, 1.54) is 0 Å². The molecule has 0 saturated carbocycles. The van der Waals surface area contributed by atoms with Crippen LogP contribution < -0.4 is 24.8 Å². The smallest absolute Gasteiger partial charge is 0.262 e. The Bertz CT molecular complexity index is 1110. The average molecular weight is 478 g/mol. The van der Waals surface area contributed by atoms with Gasteiger partial charge in [0.1, 0.15) is 17.2 Å². The van der Waals surface area contributed by atoms with Crippen LogP contribution in [-0.4, -0.2) is 58.2 Å². The fourth-order valence-corrected chi connectivity index (χ4v) is 3.47. The van der Waals surface area contributed by atoms with Crippen LogP contribution >= 0.6 is 0 Å². The number of benzene rings is 3. The molecule has 8 nitrogen and oxygen atoms in total. The van der Waals surface area contributed by atoms with Crippen LogP contribution in [-0.2, 0) is 4.79 Å². The second-order valence-electron chi connectivity index (χ2n) is 8.06. The minimum atomic E-state index is -0.298. The van der Waals surface area contributed by atoms with Crippen LogP contribution in [0.4, 0.5) is 5.69 Å². The van der Waals surface area contributed by atoms with Crippen LogP contribution in [0.1, 0.15) is 22.0 Å². The zero-order valence-corrected chi connectivity index (χ0v) is 20.4. The molecule has 3 aromatic carbocycles. The van der Waals surface area contributed by atoms with Gasteiger partial charge in [0.25, 0.3) is 11.8 Å². The first-order valence-corrected chi connectivity index (χ1v) is 11.1. The number of carbonyl (C=O) groups is 2. The van der Waals surface area contributed by atoms with Crippen molar-refractivity contribution in [3.63, 3.8) is 0 Å². The molecule has 0 fully saturated rings. The molecule has 0 radical (unpaired) electrons. The maximum absolute atomic E-state index is 12.7. The van der Waals surface area contributed by atoms with Gasteiger partial charge < -0.3 is 29.7 Å². The highest BCUT2D eigenvalue weighted by atomic mass is 16.5. The van der Waals surface area contributed by atoms with Gasteiger partial charge in [-0.15, -0.1) is 0 Å². The van der Waals surface area contributed by atoms with Crippen molar-refractivity contribution in [2.75, 3.05) is 46.8 Å². The van der Waals surface area contributed by atoms with Gasteiger partial charge in [0.2, 0.25) is 0 Å². The van der Waals surface area contributed by atoms with Crippen molar-refractivity contribution in [2.24, 2.45) is 0 Å². The molecule has 2 N–H and O–H groups in total. The van der Waals surface area contributed by atoms with E-state index in [2.05, 4.69) is 15.5 Å². The quantitative estimate of drug-likeness (QED) is 0.437. The molecular formula is C27H31N3O5. The summed E-state index contributed by atoms with van der Waals surface area (Å²) in [6, 6.07) is 21.6. The first kappa shape index (κ1) is 25.6. The van der Waals surface area contributed by atoms with E-state index in [-0.39, 0.29) is 24.5 Å². The molecule has 3 rings (SSSR count). The van der Waals surface area contributed by atoms with E-state index in [0.717, 1.165) is 11.3 Å². The summed E-state index contributed by atoms with van der Waals surface area (Å²) < 4.78 is 15.9. The average Bonchev–Trinajstić information content (AvgIpc) is 2.88. The second kappa shape index (κ2) is 12.4. The number of anilines is 1. The monoisotopic (exact) mass is 477 g/mol. The molecule has 8 heteroatoms. The Hall–Kier alpha value is -4.04. The lowest BCUT2D eigenvalue weighted by atomic mass is 10.1.